The fraction of sp³-hybridized carbons (Fsp3) is 0.0952. The second-order valence-electron chi connectivity index (χ2n) is 6.33. The van der Waals surface area contributed by atoms with Crippen LogP contribution in [0.4, 0.5) is 5.69 Å². The van der Waals surface area contributed by atoms with E-state index in [9.17, 15) is 21.6 Å². The fourth-order valence-corrected chi connectivity index (χ4v) is 4.66. The van der Waals surface area contributed by atoms with Crippen molar-refractivity contribution >= 4 is 31.6 Å². The van der Waals surface area contributed by atoms with Gasteiger partial charge in [0.25, 0.3) is 26.0 Å². The van der Waals surface area contributed by atoms with E-state index in [4.69, 9.17) is 4.74 Å². The largest absolute Gasteiger partial charge is 0.494 e. The molecule has 3 aromatic carbocycles. The molecule has 0 unspecified atom stereocenters. The van der Waals surface area contributed by atoms with Crippen LogP contribution in [0, 0.1) is 0 Å². The third kappa shape index (κ3) is 5.62. The number of ether oxygens (including phenoxy) is 1. The number of anilines is 1. The zero-order chi connectivity index (χ0) is 22.5. The van der Waals surface area contributed by atoms with E-state index >= 15 is 0 Å². The van der Waals surface area contributed by atoms with Crippen molar-refractivity contribution < 1.29 is 26.4 Å². The average molecular weight is 461 g/mol. The van der Waals surface area contributed by atoms with Gasteiger partial charge in [-0.3, -0.25) is 9.52 Å². The third-order valence-corrected chi connectivity index (χ3v) is 6.87. The lowest BCUT2D eigenvalue weighted by Crippen LogP contribution is -2.30. The van der Waals surface area contributed by atoms with E-state index in [-0.39, 0.29) is 15.4 Å². The van der Waals surface area contributed by atoms with Gasteiger partial charge in [-0.05, 0) is 67.6 Å². The van der Waals surface area contributed by atoms with Crippen molar-refractivity contribution in [1.82, 2.24) is 4.72 Å². The lowest BCUT2D eigenvalue weighted by Gasteiger charge is -2.10. The summed E-state index contributed by atoms with van der Waals surface area (Å²) in [6.45, 7) is 2.24. The van der Waals surface area contributed by atoms with Gasteiger partial charge in [0.1, 0.15) is 5.75 Å². The minimum atomic E-state index is -4.10. The first kappa shape index (κ1) is 22.3. The Hall–Kier alpha value is -3.37. The lowest BCUT2D eigenvalue weighted by molar-refractivity contribution is 0.0981. The Morgan fingerprint density at radius 2 is 1.32 bits per heavy atom. The number of hydrogen-bond acceptors (Lipinski definition) is 6. The minimum Gasteiger partial charge on any atom is -0.494 e. The average Bonchev–Trinajstić information content (AvgIpc) is 2.74. The molecule has 0 saturated heterocycles. The first-order chi connectivity index (χ1) is 14.7. The van der Waals surface area contributed by atoms with Crippen LogP contribution < -0.4 is 14.2 Å². The van der Waals surface area contributed by atoms with E-state index in [1.165, 1.54) is 48.5 Å². The summed E-state index contributed by atoms with van der Waals surface area (Å²) in [5.74, 6) is -0.373. The number of para-hydroxylation sites is 1. The predicted octanol–water partition coefficient (Wildman–Crippen LogP) is 3.00. The molecule has 0 saturated carbocycles. The van der Waals surface area contributed by atoms with Gasteiger partial charge in [0.15, 0.2) is 0 Å². The van der Waals surface area contributed by atoms with Crippen LogP contribution in [0.1, 0.15) is 17.3 Å². The maximum Gasteiger partial charge on any atom is 0.264 e. The maximum atomic E-state index is 12.5. The van der Waals surface area contributed by atoms with Crippen LogP contribution in [0.15, 0.2) is 88.7 Å². The Morgan fingerprint density at radius 1 is 0.774 bits per heavy atom. The smallest absolute Gasteiger partial charge is 0.264 e. The Kier molecular flexibility index (Phi) is 6.62. The van der Waals surface area contributed by atoms with Crippen LogP contribution in [0.3, 0.4) is 0 Å². The molecule has 0 spiro atoms. The van der Waals surface area contributed by atoms with E-state index in [2.05, 4.69) is 4.72 Å². The van der Waals surface area contributed by atoms with Crippen molar-refractivity contribution in [1.29, 1.82) is 0 Å². The summed E-state index contributed by atoms with van der Waals surface area (Å²) in [7, 11) is -7.96. The molecule has 2 N–H and O–H groups in total. The van der Waals surface area contributed by atoms with E-state index in [0.717, 1.165) is 0 Å². The molecule has 0 heterocycles. The zero-order valence-corrected chi connectivity index (χ0v) is 18.1. The number of carbonyl (C=O) groups is 1. The highest BCUT2D eigenvalue weighted by Crippen LogP contribution is 2.18. The van der Waals surface area contributed by atoms with Crippen molar-refractivity contribution in [2.75, 3.05) is 11.3 Å². The summed E-state index contributed by atoms with van der Waals surface area (Å²) in [5, 5.41) is 0. The molecule has 0 fully saturated rings. The van der Waals surface area contributed by atoms with Gasteiger partial charge in [-0.15, -0.1) is 0 Å². The third-order valence-electron chi connectivity index (χ3n) is 4.12. The van der Waals surface area contributed by atoms with Crippen LogP contribution >= 0.6 is 0 Å². The second kappa shape index (κ2) is 9.19. The molecule has 3 rings (SSSR count). The maximum absolute atomic E-state index is 12.5. The Morgan fingerprint density at radius 3 is 1.90 bits per heavy atom. The summed E-state index contributed by atoms with van der Waals surface area (Å²) in [5.41, 5.74) is 0.388. The highest BCUT2D eigenvalue weighted by atomic mass is 32.2. The zero-order valence-electron chi connectivity index (χ0n) is 16.5. The summed E-state index contributed by atoms with van der Waals surface area (Å²) in [6.07, 6.45) is 0. The molecule has 8 nitrogen and oxygen atoms in total. The molecular formula is C21H20N2O6S2. The van der Waals surface area contributed by atoms with Gasteiger partial charge in [0.2, 0.25) is 0 Å². The quantitative estimate of drug-likeness (QED) is 0.533. The molecule has 0 radical (unpaired) electrons. The van der Waals surface area contributed by atoms with Crippen molar-refractivity contribution in [2.24, 2.45) is 0 Å². The van der Waals surface area contributed by atoms with E-state index in [1.807, 2.05) is 4.72 Å². The molecule has 10 heteroatoms. The molecule has 0 aliphatic carbocycles. The van der Waals surface area contributed by atoms with Gasteiger partial charge in [-0.1, -0.05) is 18.2 Å². The van der Waals surface area contributed by atoms with Crippen molar-refractivity contribution in [2.45, 2.75) is 16.7 Å². The molecule has 1 amide bonds. The number of sulfonamides is 2. The number of carbonyl (C=O) groups excluding carboxylic acids is 1. The lowest BCUT2D eigenvalue weighted by atomic mass is 10.2. The monoisotopic (exact) mass is 460 g/mol. The molecule has 0 aromatic heterocycles. The normalized spacial score (nSPS) is 11.5. The standard InChI is InChI=1S/C21H20N2O6S2/c1-2-29-18-10-14-20(15-11-18)31(27,28)23-21(24)16-8-12-19(13-9-16)30(25,26)22-17-6-4-3-5-7-17/h3-15,22H,2H2,1H3,(H,23,24). The number of rotatable bonds is 8. The number of nitrogens with one attached hydrogen (secondary N) is 2. The van der Waals surface area contributed by atoms with Crippen molar-refractivity contribution in [3.05, 3.63) is 84.4 Å². The fourth-order valence-electron chi connectivity index (χ4n) is 2.63. The number of hydrogen-bond donors (Lipinski definition) is 2. The summed E-state index contributed by atoms with van der Waals surface area (Å²) in [4.78, 5) is 12.2. The van der Waals surface area contributed by atoms with Crippen LogP contribution in [-0.4, -0.2) is 29.3 Å². The summed E-state index contributed by atoms with van der Waals surface area (Å²) in [6, 6.07) is 18.9. The Balaban J connectivity index is 1.72. The van der Waals surface area contributed by atoms with Crippen molar-refractivity contribution in [3.63, 3.8) is 0 Å². The van der Waals surface area contributed by atoms with E-state index < -0.39 is 26.0 Å². The molecule has 162 valence electrons. The topological polar surface area (TPSA) is 119 Å². The van der Waals surface area contributed by atoms with Gasteiger partial charge < -0.3 is 4.74 Å². The molecule has 31 heavy (non-hydrogen) atoms. The Bertz CT molecular complexity index is 1260. The van der Waals surface area contributed by atoms with Gasteiger partial charge in [-0.2, -0.15) is 0 Å². The molecule has 0 aliphatic rings. The highest BCUT2D eigenvalue weighted by molar-refractivity contribution is 7.92. The van der Waals surface area contributed by atoms with Gasteiger partial charge >= 0.3 is 0 Å². The summed E-state index contributed by atoms with van der Waals surface area (Å²) < 4.78 is 59.4. The molecule has 0 atom stereocenters. The highest BCUT2D eigenvalue weighted by Gasteiger charge is 2.20. The van der Waals surface area contributed by atoms with E-state index in [1.54, 1.807) is 37.3 Å². The van der Waals surface area contributed by atoms with Crippen LogP contribution in [-0.2, 0) is 20.0 Å². The van der Waals surface area contributed by atoms with Gasteiger partial charge in [0.05, 0.1) is 16.4 Å². The SMILES string of the molecule is CCOc1ccc(S(=O)(=O)NC(=O)c2ccc(S(=O)(=O)Nc3ccccc3)cc2)cc1. The second-order valence-corrected chi connectivity index (χ2v) is 9.70. The van der Waals surface area contributed by atoms with Gasteiger partial charge in [0, 0.05) is 11.3 Å². The van der Waals surface area contributed by atoms with Crippen LogP contribution in [0.25, 0.3) is 0 Å². The minimum absolute atomic E-state index is 0.00632. The number of benzene rings is 3. The predicted molar refractivity (Wildman–Crippen MR) is 116 cm³/mol. The van der Waals surface area contributed by atoms with Gasteiger partial charge in [-0.25, -0.2) is 21.6 Å². The first-order valence-corrected chi connectivity index (χ1v) is 12.2. The van der Waals surface area contributed by atoms with Crippen LogP contribution in [0.5, 0.6) is 5.75 Å². The number of amides is 1. The molecule has 0 bridgehead atoms. The Labute approximate surface area is 181 Å². The van der Waals surface area contributed by atoms with Crippen molar-refractivity contribution in [3.8, 4) is 5.75 Å². The molecule has 3 aromatic rings. The molecular weight excluding hydrogens is 440 g/mol. The van der Waals surface area contributed by atoms with E-state index in [0.29, 0.717) is 18.0 Å². The molecule has 0 aliphatic heterocycles. The van der Waals surface area contributed by atoms with Crippen LogP contribution in [0.2, 0.25) is 0 Å². The first-order valence-electron chi connectivity index (χ1n) is 9.19. The summed E-state index contributed by atoms with van der Waals surface area (Å²) >= 11 is 0.